The lowest BCUT2D eigenvalue weighted by atomic mass is 10.1. The molecule has 136 valence electrons. The van der Waals surface area contributed by atoms with Gasteiger partial charge in [-0.05, 0) is 56.5 Å². The predicted octanol–water partition coefficient (Wildman–Crippen LogP) is 3.83. The Kier molecular flexibility index (Phi) is 4.84. The Morgan fingerprint density at radius 2 is 1.85 bits per heavy atom. The second kappa shape index (κ2) is 7.07. The van der Waals surface area contributed by atoms with E-state index in [2.05, 4.69) is 16.0 Å². The molecule has 3 rings (SSSR count). The number of carbonyl (C=O) groups is 2. The molecule has 0 aliphatic carbocycles. The summed E-state index contributed by atoms with van der Waals surface area (Å²) in [5.41, 5.74) is 5.54. The van der Waals surface area contributed by atoms with Crippen molar-refractivity contribution in [1.82, 2.24) is 5.32 Å². The molecule has 1 unspecified atom stereocenters. The van der Waals surface area contributed by atoms with E-state index in [9.17, 15) is 9.59 Å². The molecule has 3 amide bonds. The molecular weight excluding hydrogens is 330 g/mol. The summed E-state index contributed by atoms with van der Waals surface area (Å²) in [7, 11) is 0. The van der Waals surface area contributed by atoms with Gasteiger partial charge in [-0.3, -0.25) is 4.79 Å². The zero-order valence-electron chi connectivity index (χ0n) is 15.4. The van der Waals surface area contributed by atoms with Gasteiger partial charge in [0.05, 0.1) is 11.7 Å². The summed E-state index contributed by atoms with van der Waals surface area (Å²) in [4.78, 5) is 23.9. The maximum atomic E-state index is 12.4. The van der Waals surface area contributed by atoms with Crippen LogP contribution in [0.25, 0.3) is 0 Å². The number of anilines is 2. The van der Waals surface area contributed by atoms with Gasteiger partial charge in [0.25, 0.3) is 5.91 Å². The molecule has 0 saturated carbocycles. The van der Waals surface area contributed by atoms with Crippen molar-refractivity contribution in [2.45, 2.75) is 33.7 Å². The molecule has 0 aromatic heterocycles. The fourth-order valence-corrected chi connectivity index (χ4v) is 3.18. The van der Waals surface area contributed by atoms with Crippen LogP contribution in [-0.4, -0.2) is 18.5 Å². The molecule has 0 saturated heterocycles. The van der Waals surface area contributed by atoms with Crippen LogP contribution in [0.3, 0.4) is 0 Å². The highest BCUT2D eigenvalue weighted by Gasteiger charge is 2.18. The van der Waals surface area contributed by atoms with E-state index in [0.29, 0.717) is 11.4 Å². The average molecular weight is 353 g/mol. The van der Waals surface area contributed by atoms with Crippen LogP contribution in [0.15, 0.2) is 30.3 Å². The molecule has 0 bridgehead atoms. The minimum atomic E-state index is -0.273. The Balaban J connectivity index is 1.70. The number of amides is 3. The molecule has 1 aliphatic rings. The van der Waals surface area contributed by atoms with Crippen LogP contribution in [0.1, 0.15) is 35.2 Å². The van der Waals surface area contributed by atoms with E-state index in [1.54, 1.807) is 6.07 Å². The lowest BCUT2D eigenvalue weighted by Crippen LogP contribution is -2.32. The summed E-state index contributed by atoms with van der Waals surface area (Å²) < 4.78 is 5.35. The maximum absolute atomic E-state index is 12.4. The first kappa shape index (κ1) is 17.8. The van der Waals surface area contributed by atoms with E-state index in [1.807, 2.05) is 52.0 Å². The van der Waals surface area contributed by atoms with E-state index in [1.165, 1.54) is 0 Å². The smallest absolute Gasteiger partial charge is 0.319 e. The molecule has 2 aromatic carbocycles. The number of urea groups is 1. The number of fused-ring (bicyclic) bond motifs is 1. The van der Waals surface area contributed by atoms with Crippen molar-refractivity contribution >= 4 is 23.3 Å². The molecule has 3 N–H and O–H groups in total. The van der Waals surface area contributed by atoms with Gasteiger partial charge in [-0.25, -0.2) is 4.79 Å². The van der Waals surface area contributed by atoms with Crippen LogP contribution < -0.4 is 20.7 Å². The third kappa shape index (κ3) is 3.79. The standard InChI is InChI=1S/C20H23N3O3/c1-11-7-12(2)19(13(3)8-11)23-20(25)21-14(4)15-5-6-17-16(9-15)22-18(24)10-26-17/h5-9,14H,10H2,1-4H3,(H,22,24)(H2,21,23,25). The van der Waals surface area contributed by atoms with E-state index in [0.717, 1.165) is 27.9 Å². The zero-order valence-corrected chi connectivity index (χ0v) is 15.4. The summed E-state index contributed by atoms with van der Waals surface area (Å²) in [6.45, 7) is 7.90. The average Bonchev–Trinajstić information content (AvgIpc) is 2.57. The zero-order chi connectivity index (χ0) is 18.8. The highest BCUT2D eigenvalue weighted by Crippen LogP contribution is 2.30. The summed E-state index contributed by atoms with van der Waals surface area (Å²) in [6, 6.07) is 9.07. The molecule has 1 aliphatic heterocycles. The first-order valence-corrected chi connectivity index (χ1v) is 8.55. The number of ether oxygens (including phenoxy) is 1. The number of rotatable bonds is 3. The van der Waals surface area contributed by atoms with Gasteiger partial charge < -0.3 is 20.7 Å². The van der Waals surface area contributed by atoms with Crippen molar-refractivity contribution in [3.8, 4) is 5.75 Å². The van der Waals surface area contributed by atoms with Gasteiger partial charge >= 0.3 is 6.03 Å². The molecule has 0 radical (unpaired) electrons. The van der Waals surface area contributed by atoms with Gasteiger partial charge in [-0.1, -0.05) is 23.8 Å². The number of hydrogen-bond donors (Lipinski definition) is 3. The lowest BCUT2D eigenvalue weighted by molar-refractivity contribution is -0.118. The van der Waals surface area contributed by atoms with Gasteiger partial charge in [0.15, 0.2) is 6.61 Å². The first-order chi connectivity index (χ1) is 12.3. The van der Waals surface area contributed by atoms with Crippen molar-refractivity contribution in [2.24, 2.45) is 0 Å². The summed E-state index contributed by atoms with van der Waals surface area (Å²) in [6.07, 6.45) is 0. The predicted molar refractivity (Wildman–Crippen MR) is 102 cm³/mol. The molecule has 6 heteroatoms. The monoisotopic (exact) mass is 353 g/mol. The first-order valence-electron chi connectivity index (χ1n) is 8.55. The number of benzene rings is 2. The number of nitrogens with one attached hydrogen (secondary N) is 3. The Hall–Kier alpha value is -3.02. The highest BCUT2D eigenvalue weighted by molar-refractivity contribution is 5.95. The van der Waals surface area contributed by atoms with E-state index in [4.69, 9.17) is 4.74 Å². The van der Waals surface area contributed by atoms with Gasteiger partial charge in [0, 0.05) is 5.69 Å². The molecule has 1 heterocycles. The lowest BCUT2D eigenvalue weighted by Gasteiger charge is -2.21. The van der Waals surface area contributed by atoms with Crippen molar-refractivity contribution < 1.29 is 14.3 Å². The van der Waals surface area contributed by atoms with Crippen molar-refractivity contribution in [3.05, 3.63) is 52.6 Å². The fraction of sp³-hybridized carbons (Fsp3) is 0.300. The number of carbonyl (C=O) groups excluding carboxylic acids is 2. The van der Waals surface area contributed by atoms with Crippen molar-refractivity contribution in [3.63, 3.8) is 0 Å². The largest absolute Gasteiger partial charge is 0.482 e. The van der Waals surface area contributed by atoms with E-state index >= 15 is 0 Å². The van der Waals surface area contributed by atoms with Crippen LogP contribution in [0.4, 0.5) is 16.2 Å². The third-order valence-corrected chi connectivity index (χ3v) is 4.40. The van der Waals surface area contributed by atoms with Gasteiger partial charge in [-0.15, -0.1) is 0 Å². The number of hydrogen-bond acceptors (Lipinski definition) is 3. The van der Waals surface area contributed by atoms with Crippen LogP contribution >= 0.6 is 0 Å². The Morgan fingerprint density at radius 3 is 2.54 bits per heavy atom. The Morgan fingerprint density at radius 1 is 1.15 bits per heavy atom. The van der Waals surface area contributed by atoms with Gasteiger partial charge in [-0.2, -0.15) is 0 Å². The molecular formula is C20H23N3O3. The summed E-state index contributed by atoms with van der Waals surface area (Å²) in [5.74, 6) is 0.453. The van der Waals surface area contributed by atoms with Crippen molar-refractivity contribution in [2.75, 3.05) is 17.2 Å². The minimum absolute atomic E-state index is 0.0256. The van der Waals surface area contributed by atoms with Crippen LogP contribution in [-0.2, 0) is 4.79 Å². The molecule has 6 nitrogen and oxygen atoms in total. The normalized spacial score (nSPS) is 13.9. The topological polar surface area (TPSA) is 79.5 Å². The minimum Gasteiger partial charge on any atom is -0.482 e. The summed E-state index contributed by atoms with van der Waals surface area (Å²) >= 11 is 0. The Bertz CT molecular complexity index is 854. The van der Waals surface area contributed by atoms with E-state index in [-0.39, 0.29) is 24.6 Å². The second-order valence-electron chi connectivity index (χ2n) is 6.69. The molecule has 0 spiro atoms. The number of aryl methyl sites for hydroxylation is 3. The summed E-state index contributed by atoms with van der Waals surface area (Å²) in [5, 5.41) is 8.64. The molecule has 2 aromatic rings. The molecule has 26 heavy (non-hydrogen) atoms. The van der Waals surface area contributed by atoms with Gasteiger partial charge in [0.1, 0.15) is 5.75 Å². The van der Waals surface area contributed by atoms with E-state index < -0.39 is 0 Å². The van der Waals surface area contributed by atoms with Crippen molar-refractivity contribution in [1.29, 1.82) is 0 Å². The van der Waals surface area contributed by atoms with Crippen LogP contribution in [0.2, 0.25) is 0 Å². The van der Waals surface area contributed by atoms with Crippen LogP contribution in [0, 0.1) is 20.8 Å². The fourth-order valence-electron chi connectivity index (χ4n) is 3.18. The molecule has 1 atom stereocenters. The quantitative estimate of drug-likeness (QED) is 0.785. The van der Waals surface area contributed by atoms with Crippen LogP contribution in [0.5, 0.6) is 5.75 Å². The third-order valence-electron chi connectivity index (χ3n) is 4.40. The maximum Gasteiger partial charge on any atom is 0.319 e. The molecule has 0 fully saturated rings. The Labute approximate surface area is 152 Å². The SMILES string of the molecule is Cc1cc(C)c(NC(=O)NC(C)c2ccc3c(c2)NC(=O)CO3)c(C)c1. The highest BCUT2D eigenvalue weighted by atomic mass is 16.5. The second-order valence-corrected chi connectivity index (χ2v) is 6.69. The van der Waals surface area contributed by atoms with Gasteiger partial charge in [0.2, 0.25) is 0 Å².